The van der Waals surface area contributed by atoms with Crippen LogP contribution in [0.3, 0.4) is 0 Å². The Morgan fingerprint density at radius 3 is 2.44 bits per heavy atom. The summed E-state index contributed by atoms with van der Waals surface area (Å²) in [5.74, 6) is -0.575. The van der Waals surface area contributed by atoms with Crippen LogP contribution in [0, 0.1) is 5.82 Å². The molecule has 1 amide bonds. The second-order valence-corrected chi connectivity index (χ2v) is 7.90. The highest BCUT2D eigenvalue weighted by Crippen LogP contribution is 2.40. The summed E-state index contributed by atoms with van der Waals surface area (Å²) in [6, 6.07) is 11.6. The maximum atomic E-state index is 14.3. The number of carbonyl (C=O) groups is 2. The molecule has 0 aromatic heterocycles. The summed E-state index contributed by atoms with van der Waals surface area (Å²) in [4.78, 5) is 27.7. The zero-order valence-electron chi connectivity index (χ0n) is 19.0. The van der Waals surface area contributed by atoms with Crippen molar-refractivity contribution in [3.05, 3.63) is 70.7 Å². The van der Waals surface area contributed by atoms with Crippen molar-refractivity contribution >= 4 is 11.9 Å². The minimum Gasteiger partial charge on any atom is -0.493 e. The van der Waals surface area contributed by atoms with Crippen LogP contribution in [0.4, 0.5) is 4.39 Å². The van der Waals surface area contributed by atoms with Crippen molar-refractivity contribution in [2.24, 2.45) is 0 Å². The topological polar surface area (TPSA) is 65.1 Å². The highest BCUT2D eigenvalue weighted by Gasteiger charge is 2.37. The first-order valence-electron chi connectivity index (χ1n) is 10.4. The molecule has 1 heterocycles. The van der Waals surface area contributed by atoms with Gasteiger partial charge in [-0.25, -0.2) is 9.18 Å². The molecule has 1 aliphatic rings. The monoisotopic (exact) mass is 441 g/mol. The molecule has 0 aliphatic carbocycles. The molecule has 0 N–H and O–H groups in total. The van der Waals surface area contributed by atoms with Crippen LogP contribution in [-0.4, -0.2) is 37.1 Å². The first kappa shape index (κ1) is 23.3. The van der Waals surface area contributed by atoms with Crippen LogP contribution < -0.4 is 9.47 Å². The maximum Gasteiger partial charge on any atom is 0.336 e. The number of benzene rings is 2. The average Bonchev–Trinajstić information content (AvgIpc) is 2.76. The van der Waals surface area contributed by atoms with Crippen LogP contribution in [0.2, 0.25) is 0 Å². The summed E-state index contributed by atoms with van der Waals surface area (Å²) in [6.07, 6.45) is -0.282. The molecule has 0 radical (unpaired) electrons. The van der Waals surface area contributed by atoms with E-state index >= 15 is 0 Å². The molecule has 3 rings (SSSR count). The van der Waals surface area contributed by atoms with E-state index in [0.29, 0.717) is 28.3 Å². The fraction of sp³-hybridized carbons (Fsp3) is 0.360. The third kappa shape index (κ3) is 4.77. The van der Waals surface area contributed by atoms with Crippen molar-refractivity contribution in [2.75, 3.05) is 14.2 Å². The Kier molecular flexibility index (Phi) is 7.18. The molecule has 6 nitrogen and oxygen atoms in total. The molecule has 7 heteroatoms. The smallest absolute Gasteiger partial charge is 0.336 e. The predicted molar refractivity (Wildman–Crippen MR) is 118 cm³/mol. The van der Waals surface area contributed by atoms with Gasteiger partial charge in [0.05, 0.1) is 32.4 Å². The van der Waals surface area contributed by atoms with Crippen molar-refractivity contribution in [3.8, 4) is 11.5 Å². The first-order valence-corrected chi connectivity index (χ1v) is 10.4. The predicted octanol–water partition coefficient (Wildman–Crippen LogP) is 4.58. The number of allylic oxidation sites excluding steroid dienone is 1. The van der Waals surface area contributed by atoms with Crippen LogP contribution in [0.1, 0.15) is 44.2 Å². The molecular formula is C25H28FNO5. The van der Waals surface area contributed by atoms with E-state index in [9.17, 15) is 14.0 Å². The lowest BCUT2D eigenvalue weighted by Gasteiger charge is -2.35. The summed E-state index contributed by atoms with van der Waals surface area (Å²) < 4.78 is 30.5. The molecule has 0 saturated heterocycles. The number of halogens is 1. The molecule has 0 saturated carbocycles. The Morgan fingerprint density at radius 1 is 1.12 bits per heavy atom. The van der Waals surface area contributed by atoms with Gasteiger partial charge in [-0.2, -0.15) is 0 Å². The van der Waals surface area contributed by atoms with Crippen molar-refractivity contribution in [3.63, 3.8) is 0 Å². The van der Waals surface area contributed by atoms with Gasteiger partial charge in [0.15, 0.2) is 11.5 Å². The largest absolute Gasteiger partial charge is 0.493 e. The van der Waals surface area contributed by atoms with Gasteiger partial charge in [0.1, 0.15) is 5.82 Å². The quantitative estimate of drug-likeness (QED) is 0.589. The summed E-state index contributed by atoms with van der Waals surface area (Å²) in [7, 11) is 3.07. The van der Waals surface area contributed by atoms with E-state index in [2.05, 4.69) is 0 Å². The molecule has 0 fully saturated rings. The fourth-order valence-electron chi connectivity index (χ4n) is 3.90. The lowest BCUT2D eigenvalue weighted by molar-refractivity contribution is -0.143. The van der Waals surface area contributed by atoms with Gasteiger partial charge in [-0.3, -0.25) is 4.79 Å². The van der Waals surface area contributed by atoms with E-state index < -0.39 is 17.7 Å². The van der Waals surface area contributed by atoms with Crippen LogP contribution in [0.5, 0.6) is 11.5 Å². The molecule has 0 spiro atoms. The molecular weight excluding hydrogens is 413 g/mol. The summed E-state index contributed by atoms with van der Waals surface area (Å²) >= 11 is 0. The zero-order chi connectivity index (χ0) is 23.4. The highest BCUT2D eigenvalue weighted by molar-refractivity contribution is 5.96. The number of ether oxygens (including phenoxy) is 3. The number of methoxy groups -OCH3 is 2. The Bertz CT molecular complexity index is 1050. The number of rotatable bonds is 7. The number of hydrogen-bond donors (Lipinski definition) is 0. The molecule has 32 heavy (non-hydrogen) atoms. The summed E-state index contributed by atoms with van der Waals surface area (Å²) in [5, 5.41) is 0. The van der Waals surface area contributed by atoms with Gasteiger partial charge in [-0.1, -0.05) is 24.3 Å². The third-order valence-electron chi connectivity index (χ3n) is 5.48. The lowest BCUT2D eigenvalue weighted by atomic mass is 9.83. The normalized spacial score (nSPS) is 16.4. The van der Waals surface area contributed by atoms with Crippen LogP contribution in [0.25, 0.3) is 0 Å². The molecule has 170 valence electrons. The van der Waals surface area contributed by atoms with Crippen molar-refractivity contribution < 1.29 is 28.2 Å². The Morgan fingerprint density at radius 2 is 1.81 bits per heavy atom. The van der Waals surface area contributed by atoms with E-state index in [1.54, 1.807) is 51.1 Å². The van der Waals surface area contributed by atoms with Gasteiger partial charge in [0.2, 0.25) is 5.91 Å². The zero-order valence-corrected chi connectivity index (χ0v) is 19.0. The highest BCUT2D eigenvalue weighted by atomic mass is 19.1. The Balaban J connectivity index is 2.08. The minimum atomic E-state index is -0.523. The van der Waals surface area contributed by atoms with Crippen molar-refractivity contribution in [1.82, 2.24) is 4.90 Å². The van der Waals surface area contributed by atoms with E-state index in [-0.39, 0.29) is 25.0 Å². The standard InChI is InChI=1S/C25H28FNO5/c1-15(2)32-25(29)24-16(3)27(14-18-8-6-7-9-20(18)26)23(28)13-19(24)17-10-11-21(30-4)22(12-17)31-5/h6-12,15,19H,13-14H2,1-5H3. The molecule has 2 aromatic carbocycles. The first-order chi connectivity index (χ1) is 15.3. The van der Waals surface area contributed by atoms with Gasteiger partial charge in [-0.15, -0.1) is 0 Å². The molecule has 0 bridgehead atoms. The molecule has 2 aromatic rings. The summed E-state index contributed by atoms with van der Waals surface area (Å²) in [5.41, 5.74) is 1.94. The second-order valence-electron chi connectivity index (χ2n) is 7.90. The maximum absolute atomic E-state index is 14.3. The van der Waals surface area contributed by atoms with Crippen LogP contribution >= 0.6 is 0 Å². The van der Waals surface area contributed by atoms with Gasteiger partial charge in [0.25, 0.3) is 0 Å². The van der Waals surface area contributed by atoms with E-state index in [4.69, 9.17) is 14.2 Å². The van der Waals surface area contributed by atoms with Crippen molar-refractivity contribution in [1.29, 1.82) is 0 Å². The van der Waals surface area contributed by atoms with Gasteiger partial charge in [0, 0.05) is 23.6 Å². The number of nitrogens with zero attached hydrogens (tertiary/aromatic N) is 1. The molecule has 1 aliphatic heterocycles. The average molecular weight is 441 g/mol. The number of esters is 1. The fourth-order valence-corrected chi connectivity index (χ4v) is 3.90. The van der Waals surface area contributed by atoms with Crippen LogP contribution in [-0.2, 0) is 20.9 Å². The summed E-state index contributed by atoms with van der Waals surface area (Å²) in [6.45, 7) is 5.27. The van der Waals surface area contributed by atoms with Crippen LogP contribution in [0.15, 0.2) is 53.7 Å². The van der Waals surface area contributed by atoms with E-state index in [1.807, 2.05) is 6.07 Å². The van der Waals surface area contributed by atoms with Crippen molar-refractivity contribution in [2.45, 2.75) is 45.8 Å². The second kappa shape index (κ2) is 9.85. The lowest BCUT2D eigenvalue weighted by Crippen LogP contribution is -2.38. The minimum absolute atomic E-state index is 0.0362. The molecule has 1 atom stereocenters. The number of hydrogen-bond acceptors (Lipinski definition) is 5. The van der Waals surface area contributed by atoms with Gasteiger partial charge >= 0.3 is 5.97 Å². The van der Waals surface area contributed by atoms with Gasteiger partial charge in [-0.05, 0) is 44.5 Å². The SMILES string of the molecule is COc1ccc(C2CC(=O)N(Cc3ccccc3F)C(C)=C2C(=O)OC(C)C)cc1OC. The Hall–Kier alpha value is -3.35. The molecule has 1 unspecified atom stereocenters. The van der Waals surface area contributed by atoms with E-state index in [0.717, 1.165) is 5.56 Å². The number of carbonyl (C=O) groups excluding carboxylic acids is 2. The third-order valence-corrected chi connectivity index (χ3v) is 5.48. The Labute approximate surface area is 187 Å². The number of amides is 1. The van der Waals surface area contributed by atoms with Gasteiger partial charge < -0.3 is 19.1 Å². The van der Waals surface area contributed by atoms with E-state index in [1.165, 1.54) is 25.2 Å².